The SMILES string of the molecule is CC(C)OCc1c(Br)cccc1[N+](=O)[O-]. The van der Waals surface area contributed by atoms with E-state index in [0.29, 0.717) is 10.0 Å². The summed E-state index contributed by atoms with van der Waals surface area (Å²) in [6.45, 7) is 4.03. The van der Waals surface area contributed by atoms with E-state index in [1.54, 1.807) is 12.1 Å². The molecule has 1 aromatic rings. The van der Waals surface area contributed by atoms with Crippen LogP contribution in [0.25, 0.3) is 0 Å². The quantitative estimate of drug-likeness (QED) is 0.625. The highest BCUT2D eigenvalue weighted by atomic mass is 79.9. The second kappa shape index (κ2) is 5.23. The lowest BCUT2D eigenvalue weighted by Crippen LogP contribution is -2.05. The van der Waals surface area contributed by atoms with Crippen molar-refractivity contribution in [2.24, 2.45) is 0 Å². The van der Waals surface area contributed by atoms with Crippen molar-refractivity contribution in [3.8, 4) is 0 Å². The van der Waals surface area contributed by atoms with Crippen LogP contribution in [0.15, 0.2) is 22.7 Å². The van der Waals surface area contributed by atoms with Crippen LogP contribution >= 0.6 is 15.9 Å². The molecule has 15 heavy (non-hydrogen) atoms. The van der Waals surface area contributed by atoms with E-state index in [0.717, 1.165) is 0 Å². The van der Waals surface area contributed by atoms with Gasteiger partial charge in [0.2, 0.25) is 0 Å². The minimum atomic E-state index is -0.399. The number of halogens is 1. The molecular formula is C10H12BrNO3. The third kappa shape index (κ3) is 3.28. The molecule has 0 radical (unpaired) electrons. The molecule has 0 aliphatic rings. The van der Waals surface area contributed by atoms with Gasteiger partial charge < -0.3 is 4.74 Å². The van der Waals surface area contributed by atoms with E-state index >= 15 is 0 Å². The largest absolute Gasteiger partial charge is 0.374 e. The third-order valence-electron chi connectivity index (χ3n) is 1.85. The van der Waals surface area contributed by atoms with Crippen molar-refractivity contribution in [3.63, 3.8) is 0 Å². The van der Waals surface area contributed by atoms with E-state index in [1.165, 1.54) is 6.07 Å². The van der Waals surface area contributed by atoms with Crippen molar-refractivity contribution in [1.29, 1.82) is 0 Å². The van der Waals surface area contributed by atoms with Crippen molar-refractivity contribution >= 4 is 21.6 Å². The van der Waals surface area contributed by atoms with Gasteiger partial charge in [0, 0.05) is 10.5 Å². The summed E-state index contributed by atoms with van der Waals surface area (Å²) in [5.74, 6) is 0. The lowest BCUT2D eigenvalue weighted by atomic mass is 10.2. The summed E-state index contributed by atoms with van der Waals surface area (Å²) in [4.78, 5) is 10.3. The highest BCUT2D eigenvalue weighted by molar-refractivity contribution is 9.10. The highest BCUT2D eigenvalue weighted by Gasteiger charge is 2.16. The van der Waals surface area contributed by atoms with Crippen LogP contribution in [0.3, 0.4) is 0 Å². The standard InChI is InChI=1S/C10H12BrNO3/c1-7(2)15-6-8-9(11)4-3-5-10(8)12(13)14/h3-5,7H,6H2,1-2H3. The van der Waals surface area contributed by atoms with Gasteiger partial charge in [-0.15, -0.1) is 0 Å². The van der Waals surface area contributed by atoms with Gasteiger partial charge in [0.25, 0.3) is 5.69 Å². The van der Waals surface area contributed by atoms with Crippen LogP contribution in [0.5, 0.6) is 0 Å². The fourth-order valence-electron chi connectivity index (χ4n) is 1.11. The molecule has 0 aliphatic carbocycles. The first-order valence-electron chi connectivity index (χ1n) is 4.55. The number of nitrogens with zero attached hydrogens (tertiary/aromatic N) is 1. The molecule has 82 valence electrons. The second-order valence-electron chi connectivity index (χ2n) is 3.35. The maximum atomic E-state index is 10.7. The summed E-state index contributed by atoms with van der Waals surface area (Å²) >= 11 is 3.28. The Bertz CT molecular complexity index is 366. The van der Waals surface area contributed by atoms with Crippen LogP contribution in [-0.4, -0.2) is 11.0 Å². The molecule has 1 rings (SSSR count). The van der Waals surface area contributed by atoms with Crippen LogP contribution in [0.1, 0.15) is 19.4 Å². The lowest BCUT2D eigenvalue weighted by molar-refractivity contribution is -0.386. The average Bonchev–Trinajstić information content (AvgIpc) is 2.15. The number of ether oxygens (including phenoxy) is 1. The van der Waals surface area contributed by atoms with Gasteiger partial charge in [-0.05, 0) is 19.9 Å². The number of hydrogen-bond acceptors (Lipinski definition) is 3. The molecule has 4 nitrogen and oxygen atoms in total. The van der Waals surface area contributed by atoms with E-state index < -0.39 is 4.92 Å². The molecule has 0 N–H and O–H groups in total. The average molecular weight is 274 g/mol. The van der Waals surface area contributed by atoms with E-state index in [2.05, 4.69) is 15.9 Å². The van der Waals surface area contributed by atoms with Gasteiger partial charge in [0.05, 0.1) is 23.2 Å². The van der Waals surface area contributed by atoms with Gasteiger partial charge in [-0.2, -0.15) is 0 Å². The van der Waals surface area contributed by atoms with Crippen LogP contribution in [0.2, 0.25) is 0 Å². The number of benzene rings is 1. The Labute approximate surface area is 96.5 Å². The van der Waals surface area contributed by atoms with Crippen molar-refractivity contribution < 1.29 is 9.66 Å². The van der Waals surface area contributed by atoms with Crippen LogP contribution < -0.4 is 0 Å². The number of nitro groups is 1. The van der Waals surface area contributed by atoms with E-state index in [4.69, 9.17) is 4.74 Å². The molecule has 0 heterocycles. The second-order valence-corrected chi connectivity index (χ2v) is 4.21. The molecule has 0 amide bonds. The van der Waals surface area contributed by atoms with E-state index in [1.807, 2.05) is 13.8 Å². The molecular weight excluding hydrogens is 262 g/mol. The summed E-state index contributed by atoms with van der Waals surface area (Å²) in [5, 5.41) is 10.7. The van der Waals surface area contributed by atoms with Crippen molar-refractivity contribution in [1.82, 2.24) is 0 Å². The molecule has 0 spiro atoms. The predicted octanol–water partition coefficient (Wildman–Crippen LogP) is 3.28. The first kappa shape index (κ1) is 12.1. The lowest BCUT2D eigenvalue weighted by Gasteiger charge is -2.09. The van der Waals surface area contributed by atoms with E-state index in [-0.39, 0.29) is 18.4 Å². The van der Waals surface area contributed by atoms with Gasteiger partial charge >= 0.3 is 0 Å². The van der Waals surface area contributed by atoms with Crippen LogP contribution in [0.4, 0.5) is 5.69 Å². The maximum absolute atomic E-state index is 10.7. The molecule has 0 saturated carbocycles. The Morgan fingerprint density at radius 2 is 2.20 bits per heavy atom. The van der Waals surface area contributed by atoms with Crippen LogP contribution in [0, 0.1) is 10.1 Å². The summed E-state index contributed by atoms with van der Waals surface area (Å²) < 4.78 is 6.07. The molecule has 0 saturated heterocycles. The zero-order valence-electron chi connectivity index (χ0n) is 8.57. The van der Waals surface area contributed by atoms with Crippen molar-refractivity contribution in [2.45, 2.75) is 26.6 Å². The third-order valence-corrected chi connectivity index (χ3v) is 2.59. The normalized spacial score (nSPS) is 10.7. The Morgan fingerprint density at radius 3 is 2.73 bits per heavy atom. The predicted molar refractivity (Wildman–Crippen MR) is 60.7 cm³/mol. The molecule has 0 atom stereocenters. The molecule has 0 bridgehead atoms. The Morgan fingerprint density at radius 1 is 1.53 bits per heavy atom. The molecule has 0 unspecified atom stereocenters. The molecule has 0 aromatic heterocycles. The fourth-order valence-corrected chi connectivity index (χ4v) is 1.58. The monoisotopic (exact) mass is 273 g/mol. The minimum Gasteiger partial charge on any atom is -0.374 e. The number of rotatable bonds is 4. The van der Waals surface area contributed by atoms with Crippen molar-refractivity contribution in [2.75, 3.05) is 0 Å². The number of nitro benzene ring substituents is 1. The zero-order valence-corrected chi connectivity index (χ0v) is 10.2. The Hall–Kier alpha value is -0.940. The first-order valence-corrected chi connectivity index (χ1v) is 5.35. The van der Waals surface area contributed by atoms with Crippen molar-refractivity contribution in [3.05, 3.63) is 38.3 Å². The zero-order chi connectivity index (χ0) is 11.4. The molecule has 5 heteroatoms. The number of hydrogen-bond donors (Lipinski definition) is 0. The summed E-state index contributed by atoms with van der Waals surface area (Å²) in [5.41, 5.74) is 0.668. The van der Waals surface area contributed by atoms with Crippen LogP contribution in [-0.2, 0) is 11.3 Å². The molecule has 0 aliphatic heterocycles. The molecule has 0 fully saturated rings. The van der Waals surface area contributed by atoms with E-state index in [9.17, 15) is 10.1 Å². The van der Waals surface area contributed by atoms with Gasteiger partial charge in [-0.25, -0.2) is 0 Å². The van der Waals surface area contributed by atoms with Gasteiger partial charge in [-0.1, -0.05) is 22.0 Å². The fraction of sp³-hybridized carbons (Fsp3) is 0.400. The Balaban J connectivity index is 2.97. The smallest absolute Gasteiger partial charge is 0.276 e. The van der Waals surface area contributed by atoms with Gasteiger partial charge in [0.15, 0.2) is 0 Å². The Kier molecular flexibility index (Phi) is 4.23. The maximum Gasteiger partial charge on any atom is 0.276 e. The van der Waals surface area contributed by atoms with Gasteiger partial charge in [-0.3, -0.25) is 10.1 Å². The first-order chi connectivity index (χ1) is 7.02. The highest BCUT2D eigenvalue weighted by Crippen LogP contribution is 2.27. The minimum absolute atomic E-state index is 0.0525. The van der Waals surface area contributed by atoms with Gasteiger partial charge in [0.1, 0.15) is 0 Å². The molecule has 1 aromatic carbocycles. The topological polar surface area (TPSA) is 52.4 Å². The summed E-state index contributed by atoms with van der Waals surface area (Å²) in [7, 11) is 0. The summed E-state index contributed by atoms with van der Waals surface area (Å²) in [6, 6.07) is 4.89. The summed E-state index contributed by atoms with van der Waals surface area (Å²) in [6.07, 6.45) is 0.0525.